The Morgan fingerprint density at radius 3 is 2.80 bits per heavy atom. The number of aryl methyl sites for hydroxylation is 1. The molecule has 0 N–H and O–H groups in total. The van der Waals surface area contributed by atoms with Gasteiger partial charge in [-0.15, -0.1) is 0 Å². The van der Waals surface area contributed by atoms with Crippen LogP contribution in [0, 0.1) is 6.92 Å². The average Bonchev–Trinajstić information content (AvgIpc) is 2.13. The fourth-order valence-corrected chi connectivity index (χ4v) is 1.31. The van der Waals surface area contributed by atoms with Crippen molar-refractivity contribution in [3.8, 4) is 5.88 Å². The van der Waals surface area contributed by atoms with Gasteiger partial charge in [0.1, 0.15) is 6.10 Å². The van der Waals surface area contributed by atoms with Crippen molar-refractivity contribution in [2.75, 3.05) is 13.2 Å². The van der Waals surface area contributed by atoms with Crippen molar-refractivity contribution in [1.29, 1.82) is 0 Å². The number of halogens is 1. The quantitative estimate of drug-likeness (QED) is 0.728. The lowest BCUT2D eigenvalue weighted by Crippen LogP contribution is -2.19. The van der Waals surface area contributed by atoms with Crippen molar-refractivity contribution in [3.63, 3.8) is 0 Å². The smallest absolute Gasteiger partial charge is 0.225 e. The summed E-state index contributed by atoms with van der Waals surface area (Å²) in [7, 11) is 0. The Labute approximate surface area is 94.6 Å². The Kier molecular flexibility index (Phi) is 4.78. The fourth-order valence-electron chi connectivity index (χ4n) is 1.09. The monoisotopic (exact) mass is 230 g/mol. The zero-order valence-electron chi connectivity index (χ0n) is 9.16. The number of rotatable bonds is 5. The number of ether oxygens (including phenoxy) is 2. The summed E-state index contributed by atoms with van der Waals surface area (Å²) < 4.78 is 10.7. The van der Waals surface area contributed by atoms with Crippen molar-refractivity contribution in [2.24, 2.45) is 0 Å². The van der Waals surface area contributed by atoms with E-state index >= 15 is 0 Å². The van der Waals surface area contributed by atoms with E-state index in [0.717, 1.165) is 5.69 Å². The van der Waals surface area contributed by atoms with Gasteiger partial charge in [0, 0.05) is 18.4 Å². The standard InChI is InChI=1S/C10H15ClN2O2/c1-4-14-6-8(3)15-9-5-7(2)12-10(11)13-9/h5,8H,4,6H2,1-3H3. The molecule has 0 aromatic carbocycles. The fraction of sp³-hybridized carbons (Fsp3) is 0.600. The van der Waals surface area contributed by atoms with Gasteiger partial charge in [-0.2, -0.15) is 4.98 Å². The number of aromatic nitrogens is 2. The molecule has 0 fully saturated rings. The van der Waals surface area contributed by atoms with E-state index in [4.69, 9.17) is 21.1 Å². The van der Waals surface area contributed by atoms with Gasteiger partial charge < -0.3 is 9.47 Å². The zero-order valence-corrected chi connectivity index (χ0v) is 9.91. The first kappa shape index (κ1) is 12.2. The number of hydrogen-bond donors (Lipinski definition) is 0. The molecule has 0 aliphatic heterocycles. The summed E-state index contributed by atoms with van der Waals surface area (Å²) in [5.41, 5.74) is 0.786. The summed E-state index contributed by atoms with van der Waals surface area (Å²) in [5, 5.41) is 0.202. The van der Waals surface area contributed by atoms with Crippen molar-refractivity contribution in [2.45, 2.75) is 26.9 Å². The molecule has 0 saturated carbocycles. The van der Waals surface area contributed by atoms with Gasteiger partial charge in [0.2, 0.25) is 11.2 Å². The maximum atomic E-state index is 5.70. The molecule has 0 spiro atoms. The Balaban J connectivity index is 2.56. The van der Waals surface area contributed by atoms with E-state index in [1.165, 1.54) is 0 Å². The molecule has 1 heterocycles. The second-order valence-electron chi connectivity index (χ2n) is 3.20. The summed E-state index contributed by atoms with van der Waals surface area (Å²) in [6, 6.07) is 1.74. The second kappa shape index (κ2) is 5.88. The van der Waals surface area contributed by atoms with Crippen LogP contribution >= 0.6 is 11.6 Å². The van der Waals surface area contributed by atoms with Crippen LogP contribution < -0.4 is 4.74 Å². The summed E-state index contributed by atoms with van der Waals surface area (Å²) >= 11 is 5.70. The highest BCUT2D eigenvalue weighted by Crippen LogP contribution is 2.13. The molecule has 1 aromatic heterocycles. The summed E-state index contributed by atoms with van der Waals surface area (Å²) in [6.45, 7) is 6.92. The van der Waals surface area contributed by atoms with Crippen LogP contribution in [0.1, 0.15) is 19.5 Å². The predicted octanol–water partition coefficient (Wildman–Crippen LogP) is 2.24. The van der Waals surface area contributed by atoms with E-state index in [9.17, 15) is 0 Å². The molecule has 84 valence electrons. The van der Waals surface area contributed by atoms with E-state index in [1.54, 1.807) is 6.07 Å². The molecule has 0 aliphatic carbocycles. The third-order valence-corrected chi connectivity index (χ3v) is 1.85. The number of hydrogen-bond acceptors (Lipinski definition) is 4. The van der Waals surface area contributed by atoms with Crippen LogP contribution in [0.25, 0.3) is 0 Å². The van der Waals surface area contributed by atoms with Gasteiger partial charge in [-0.25, -0.2) is 4.98 Å². The molecule has 5 heteroatoms. The first-order valence-electron chi connectivity index (χ1n) is 4.87. The lowest BCUT2D eigenvalue weighted by atomic mass is 10.4. The van der Waals surface area contributed by atoms with Gasteiger partial charge in [0.25, 0.3) is 0 Å². The van der Waals surface area contributed by atoms with Gasteiger partial charge in [-0.3, -0.25) is 0 Å². The summed E-state index contributed by atoms with van der Waals surface area (Å²) in [5.74, 6) is 0.486. The van der Waals surface area contributed by atoms with Gasteiger partial charge >= 0.3 is 0 Å². The van der Waals surface area contributed by atoms with Gasteiger partial charge in [-0.05, 0) is 32.4 Å². The first-order valence-corrected chi connectivity index (χ1v) is 5.25. The SMILES string of the molecule is CCOCC(C)Oc1cc(C)nc(Cl)n1. The molecule has 0 bridgehead atoms. The van der Waals surface area contributed by atoms with E-state index in [1.807, 2.05) is 20.8 Å². The van der Waals surface area contributed by atoms with Crippen molar-refractivity contribution in [3.05, 3.63) is 17.0 Å². The highest BCUT2D eigenvalue weighted by molar-refractivity contribution is 6.28. The number of nitrogens with zero attached hydrogens (tertiary/aromatic N) is 2. The average molecular weight is 231 g/mol. The van der Waals surface area contributed by atoms with Crippen LogP contribution in [0.2, 0.25) is 5.28 Å². The van der Waals surface area contributed by atoms with E-state index < -0.39 is 0 Å². The van der Waals surface area contributed by atoms with Crippen molar-refractivity contribution in [1.82, 2.24) is 9.97 Å². The Hall–Kier alpha value is -0.870. The van der Waals surface area contributed by atoms with Crippen LogP contribution in [0.3, 0.4) is 0 Å². The molecular weight excluding hydrogens is 216 g/mol. The van der Waals surface area contributed by atoms with Crippen LogP contribution in [0.15, 0.2) is 6.07 Å². The lowest BCUT2D eigenvalue weighted by Gasteiger charge is -2.13. The molecule has 1 aromatic rings. The largest absolute Gasteiger partial charge is 0.472 e. The van der Waals surface area contributed by atoms with Gasteiger partial charge in [-0.1, -0.05) is 0 Å². The minimum Gasteiger partial charge on any atom is -0.472 e. The molecule has 4 nitrogen and oxygen atoms in total. The zero-order chi connectivity index (χ0) is 11.3. The van der Waals surface area contributed by atoms with Crippen LogP contribution in [0.4, 0.5) is 0 Å². The predicted molar refractivity (Wildman–Crippen MR) is 58.4 cm³/mol. The van der Waals surface area contributed by atoms with E-state index in [-0.39, 0.29) is 11.4 Å². The molecule has 0 amide bonds. The second-order valence-corrected chi connectivity index (χ2v) is 3.54. The normalized spacial score (nSPS) is 12.5. The molecule has 1 rings (SSSR count). The Morgan fingerprint density at radius 1 is 1.47 bits per heavy atom. The highest BCUT2D eigenvalue weighted by atomic mass is 35.5. The maximum absolute atomic E-state index is 5.70. The third-order valence-electron chi connectivity index (χ3n) is 1.68. The highest BCUT2D eigenvalue weighted by Gasteiger charge is 2.06. The molecule has 0 saturated heterocycles. The molecule has 1 atom stereocenters. The van der Waals surface area contributed by atoms with Crippen LogP contribution in [-0.4, -0.2) is 29.3 Å². The summed E-state index contributed by atoms with van der Waals surface area (Å²) in [6.07, 6.45) is -0.0460. The minimum absolute atomic E-state index is 0.0460. The summed E-state index contributed by atoms with van der Waals surface area (Å²) in [4.78, 5) is 7.91. The Bertz CT molecular complexity index is 300. The van der Waals surface area contributed by atoms with E-state index in [0.29, 0.717) is 19.1 Å². The Morgan fingerprint density at radius 2 is 2.20 bits per heavy atom. The van der Waals surface area contributed by atoms with E-state index in [2.05, 4.69) is 9.97 Å². The van der Waals surface area contributed by atoms with Gasteiger partial charge in [0.15, 0.2) is 0 Å². The topological polar surface area (TPSA) is 44.2 Å². The van der Waals surface area contributed by atoms with Crippen LogP contribution in [0.5, 0.6) is 5.88 Å². The van der Waals surface area contributed by atoms with Crippen molar-refractivity contribution < 1.29 is 9.47 Å². The third kappa shape index (κ3) is 4.44. The molecular formula is C10H15ClN2O2. The van der Waals surface area contributed by atoms with Crippen LogP contribution in [-0.2, 0) is 4.74 Å². The molecule has 15 heavy (non-hydrogen) atoms. The van der Waals surface area contributed by atoms with Crippen molar-refractivity contribution >= 4 is 11.6 Å². The molecule has 0 aliphatic rings. The minimum atomic E-state index is -0.0460. The molecule has 1 unspecified atom stereocenters. The maximum Gasteiger partial charge on any atom is 0.225 e. The molecule has 0 radical (unpaired) electrons. The van der Waals surface area contributed by atoms with Gasteiger partial charge in [0.05, 0.1) is 6.61 Å². The first-order chi connectivity index (χ1) is 7.11. The lowest BCUT2D eigenvalue weighted by molar-refractivity contribution is 0.0632.